The molecule has 3 heteroatoms. The quantitative estimate of drug-likeness (QED) is 0.875. The number of hydrogen-bond donors (Lipinski definition) is 1. The van der Waals surface area contributed by atoms with Crippen LogP contribution in [0, 0.1) is 0 Å². The first-order valence-electron chi connectivity index (χ1n) is 5.84. The van der Waals surface area contributed by atoms with Crippen LogP contribution < -0.4 is 5.32 Å². The van der Waals surface area contributed by atoms with E-state index in [0.29, 0.717) is 0 Å². The molecule has 1 aromatic rings. The Morgan fingerprint density at radius 3 is 3.00 bits per heavy atom. The highest BCUT2D eigenvalue weighted by molar-refractivity contribution is 7.10. The third-order valence-electron chi connectivity index (χ3n) is 3.49. The molecule has 0 saturated carbocycles. The van der Waals surface area contributed by atoms with Crippen LogP contribution in [0.1, 0.15) is 37.6 Å². The van der Waals surface area contributed by atoms with Crippen molar-refractivity contribution in [2.24, 2.45) is 0 Å². The number of hydrogen-bond acceptors (Lipinski definition) is 3. The number of rotatable bonds is 3. The Bertz CT molecular complexity index is 372. The summed E-state index contributed by atoms with van der Waals surface area (Å²) >= 11 is 1.87. The maximum atomic E-state index is 5.56. The molecule has 0 spiro atoms. The van der Waals surface area contributed by atoms with Crippen LogP contribution in [-0.2, 0) is 16.7 Å². The number of nitrogens with one attached hydrogen (secondary N) is 1. The molecule has 0 bridgehead atoms. The lowest BCUT2D eigenvalue weighted by Crippen LogP contribution is -2.48. The highest BCUT2D eigenvalue weighted by Crippen LogP contribution is 2.38. The van der Waals surface area contributed by atoms with E-state index in [1.807, 2.05) is 11.3 Å². The third kappa shape index (κ3) is 2.17. The van der Waals surface area contributed by atoms with Gasteiger partial charge in [-0.25, -0.2) is 0 Å². The zero-order valence-electron chi connectivity index (χ0n) is 10.6. The van der Waals surface area contributed by atoms with Crippen molar-refractivity contribution in [2.75, 3.05) is 13.7 Å². The molecule has 1 aromatic heterocycles. The molecule has 0 aliphatic carbocycles. The summed E-state index contributed by atoms with van der Waals surface area (Å²) in [6, 6.07) is 2.26. The van der Waals surface area contributed by atoms with E-state index in [1.165, 1.54) is 10.4 Å². The Labute approximate surface area is 102 Å². The molecule has 0 saturated heterocycles. The minimum absolute atomic E-state index is 0.0707. The van der Waals surface area contributed by atoms with E-state index >= 15 is 0 Å². The van der Waals surface area contributed by atoms with Gasteiger partial charge in [-0.05, 0) is 50.6 Å². The molecule has 0 aromatic carbocycles. The second-order valence-electron chi connectivity index (χ2n) is 5.42. The number of ether oxygens (including phenoxy) is 1. The summed E-state index contributed by atoms with van der Waals surface area (Å²) in [4.78, 5) is 1.49. The minimum atomic E-state index is -0.0830. The van der Waals surface area contributed by atoms with E-state index < -0.39 is 0 Å². The Balaban J connectivity index is 2.27. The molecular formula is C13H21NOS. The molecule has 90 valence electrons. The predicted molar refractivity (Wildman–Crippen MR) is 69.1 cm³/mol. The van der Waals surface area contributed by atoms with Crippen LogP contribution in [0.2, 0.25) is 0 Å². The zero-order valence-corrected chi connectivity index (χ0v) is 11.4. The summed E-state index contributed by atoms with van der Waals surface area (Å²) in [6.07, 6.45) is 2.16. The van der Waals surface area contributed by atoms with Gasteiger partial charge in [0.1, 0.15) is 0 Å². The summed E-state index contributed by atoms with van der Waals surface area (Å²) in [6.45, 7) is 7.67. The maximum absolute atomic E-state index is 5.56. The van der Waals surface area contributed by atoms with Crippen LogP contribution in [0.4, 0.5) is 0 Å². The van der Waals surface area contributed by atoms with Gasteiger partial charge in [0.05, 0.1) is 11.1 Å². The van der Waals surface area contributed by atoms with Crippen molar-refractivity contribution in [2.45, 2.75) is 44.8 Å². The van der Waals surface area contributed by atoms with Gasteiger partial charge in [0.25, 0.3) is 0 Å². The Kier molecular flexibility index (Phi) is 3.12. The van der Waals surface area contributed by atoms with Crippen molar-refractivity contribution in [3.63, 3.8) is 0 Å². The number of fused-ring (bicyclic) bond motifs is 1. The highest BCUT2D eigenvalue weighted by Gasteiger charge is 2.37. The summed E-state index contributed by atoms with van der Waals surface area (Å²) in [7, 11) is 1.79. The van der Waals surface area contributed by atoms with Crippen LogP contribution in [-0.4, -0.2) is 19.3 Å². The second kappa shape index (κ2) is 4.13. The molecule has 1 N–H and O–H groups in total. The first-order valence-corrected chi connectivity index (χ1v) is 6.72. The van der Waals surface area contributed by atoms with E-state index in [1.54, 1.807) is 7.11 Å². The van der Waals surface area contributed by atoms with Crippen LogP contribution >= 0.6 is 11.3 Å². The molecule has 2 nitrogen and oxygen atoms in total. The van der Waals surface area contributed by atoms with Gasteiger partial charge in [-0.15, -0.1) is 11.3 Å². The topological polar surface area (TPSA) is 21.3 Å². The van der Waals surface area contributed by atoms with Crippen molar-refractivity contribution in [1.29, 1.82) is 0 Å². The monoisotopic (exact) mass is 239 g/mol. The lowest BCUT2D eigenvalue weighted by atomic mass is 9.82. The van der Waals surface area contributed by atoms with Crippen LogP contribution in [0.15, 0.2) is 11.4 Å². The van der Waals surface area contributed by atoms with Gasteiger partial charge in [-0.1, -0.05) is 0 Å². The first-order chi connectivity index (χ1) is 7.47. The molecule has 1 aliphatic rings. The van der Waals surface area contributed by atoms with Gasteiger partial charge in [0, 0.05) is 18.5 Å². The van der Waals surface area contributed by atoms with Crippen molar-refractivity contribution in [1.82, 2.24) is 5.32 Å². The fourth-order valence-electron chi connectivity index (χ4n) is 2.64. The summed E-state index contributed by atoms with van der Waals surface area (Å²) in [5.74, 6) is 0. The molecule has 0 radical (unpaired) electrons. The van der Waals surface area contributed by atoms with Crippen LogP contribution in [0.5, 0.6) is 0 Å². The number of thiophene rings is 1. The minimum Gasteiger partial charge on any atom is -0.379 e. The summed E-state index contributed by atoms with van der Waals surface area (Å²) in [5.41, 5.74) is 1.50. The predicted octanol–water partition coefficient (Wildman–Crippen LogP) is 2.92. The largest absolute Gasteiger partial charge is 0.379 e. The molecular weight excluding hydrogens is 218 g/mol. The Morgan fingerprint density at radius 1 is 1.56 bits per heavy atom. The lowest BCUT2D eigenvalue weighted by Gasteiger charge is -2.40. The van der Waals surface area contributed by atoms with Crippen molar-refractivity contribution in [3.8, 4) is 0 Å². The smallest absolute Gasteiger partial charge is 0.0643 e. The second-order valence-corrected chi connectivity index (χ2v) is 6.34. The maximum Gasteiger partial charge on any atom is 0.0643 e. The summed E-state index contributed by atoms with van der Waals surface area (Å²) in [5, 5.41) is 5.86. The van der Waals surface area contributed by atoms with E-state index in [4.69, 9.17) is 4.74 Å². The van der Waals surface area contributed by atoms with E-state index in [2.05, 4.69) is 37.5 Å². The molecule has 0 amide bonds. The molecule has 1 unspecified atom stereocenters. The van der Waals surface area contributed by atoms with Gasteiger partial charge in [-0.2, -0.15) is 0 Å². The molecule has 2 rings (SSSR count). The van der Waals surface area contributed by atoms with Gasteiger partial charge >= 0.3 is 0 Å². The van der Waals surface area contributed by atoms with Crippen LogP contribution in [0.3, 0.4) is 0 Å². The van der Waals surface area contributed by atoms with Crippen LogP contribution in [0.25, 0.3) is 0 Å². The first kappa shape index (κ1) is 12.1. The third-order valence-corrected chi connectivity index (χ3v) is 4.71. The molecule has 1 aliphatic heterocycles. The lowest BCUT2D eigenvalue weighted by molar-refractivity contribution is -0.00756. The normalized spacial score (nSPS) is 25.5. The average Bonchev–Trinajstić information content (AvgIpc) is 2.66. The van der Waals surface area contributed by atoms with Crippen molar-refractivity contribution >= 4 is 11.3 Å². The van der Waals surface area contributed by atoms with E-state index in [-0.39, 0.29) is 11.1 Å². The van der Waals surface area contributed by atoms with Gasteiger partial charge in [-0.3, -0.25) is 0 Å². The average molecular weight is 239 g/mol. The van der Waals surface area contributed by atoms with Crippen molar-refractivity contribution < 1.29 is 4.74 Å². The van der Waals surface area contributed by atoms with E-state index in [0.717, 1.165) is 19.4 Å². The Morgan fingerprint density at radius 2 is 2.31 bits per heavy atom. The number of methoxy groups -OCH3 is 1. The molecule has 0 fully saturated rings. The van der Waals surface area contributed by atoms with E-state index in [9.17, 15) is 0 Å². The van der Waals surface area contributed by atoms with Gasteiger partial charge in [0.15, 0.2) is 0 Å². The fourth-order valence-corrected chi connectivity index (χ4v) is 3.73. The van der Waals surface area contributed by atoms with Crippen molar-refractivity contribution in [3.05, 3.63) is 21.9 Å². The standard InChI is InChI=1S/C13H21NOS/c1-12(2,15-4)9-13(3)11-10(5-7-14-13)6-8-16-11/h6,8,14H,5,7,9H2,1-4H3. The zero-order chi connectivity index (χ0) is 11.8. The molecule has 2 heterocycles. The van der Waals surface area contributed by atoms with Gasteiger partial charge in [0.2, 0.25) is 0 Å². The molecule has 1 atom stereocenters. The van der Waals surface area contributed by atoms with Gasteiger partial charge < -0.3 is 10.1 Å². The highest BCUT2D eigenvalue weighted by atomic mass is 32.1. The molecule has 16 heavy (non-hydrogen) atoms. The fraction of sp³-hybridized carbons (Fsp3) is 0.692. The summed E-state index contributed by atoms with van der Waals surface area (Å²) < 4.78 is 5.56. The SMILES string of the molecule is COC(C)(C)CC1(C)NCCc2ccsc21. The Hall–Kier alpha value is -0.380.